The number of anilines is 1. The van der Waals surface area contributed by atoms with Crippen LogP contribution in [0.1, 0.15) is 48.5 Å². The van der Waals surface area contributed by atoms with E-state index in [1.807, 2.05) is 6.07 Å². The van der Waals surface area contributed by atoms with Crippen LogP contribution in [-0.4, -0.2) is 35.3 Å². The van der Waals surface area contributed by atoms with Gasteiger partial charge in [0.1, 0.15) is 11.6 Å². The summed E-state index contributed by atoms with van der Waals surface area (Å²) in [6.45, 7) is 0.712. The molecule has 49 heavy (non-hydrogen) atoms. The van der Waals surface area contributed by atoms with Gasteiger partial charge in [0.25, 0.3) is 5.24 Å². The van der Waals surface area contributed by atoms with Gasteiger partial charge in [-0.1, -0.05) is 24.3 Å². The number of rotatable bonds is 4. The molecule has 0 saturated heterocycles. The lowest BCUT2D eigenvalue weighted by Gasteiger charge is -2.12. The maximum atomic E-state index is 13.3. The fourth-order valence-electron chi connectivity index (χ4n) is 4.81. The second-order valence-corrected chi connectivity index (χ2v) is 10.9. The van der Waals surface area contributed by atoms with Crippen LogP contribution in [0.3, 0.4) is 0 Å². The Morgan fingerprint density at radius 2 is 1.18 bits per heavy atom. The standard InChI is InChI=1S/C16H11BF4O3.C8H3ClF4O.C7H8BNO2/c18-11-3-4-13(16(19,20)21)12(7-11)15(22)6-9-1-2-10-8-24-17(23)14(10)5-9;9-7(14)5-3-4(10)1-2-6(5)8(11,12)13;9-6-2-1-5-4-11-8(10)7(5)3-6/h1-5,7,23H,6,8H2;1-3H;1-3,10H,4,9H2. The van der Waals surface area contributed by atoms with E-state index in [1.54, 1.807) is 24.3 Å². The zero-order valence-corrected chi connectivity index (χ0v) is 25.5. The third-order valence-electron chi connectivity index (χ3n) is 7.16. The predicted molar refractivity (Wildman–Crippen MR) is 163 cm³/mol. The van der Waals surface area contributed by atoms with E-state index < -0.39 is 71.5 Å². The number of alkyl halides is 6. The molecular formula is C31H22B2ClF8NO6. The minimum atomic E-state index is -4.75. The van der Waals surface area contributed by atoms with E-state index in [0.717, 1.165) is 16.6 Å². The highest BCUT2D eigenvalue weighted by molar-refractivity contribution is 6.68. The Bertz CT molecular complexity index is 1880. The molecule has 0 fully saturated rings. The van der Waals surface area contributed by atoms with Crippen molar-refractivity contribution in [2.45, 2.75) is 32.0 Å². The molecule has 6 rings (SSSR count). The Kier molecular flexibility index (Phi) is 11.6. The molecule has 4 aromatic rings. The number of Topliss-reactive ketones (excluding diaryl/α,β-unsaturated/α-hetero) is 1. The zero-order chi connectivity index (χ0) is 36.3. The van der Waals surface area contributed by atoms with E-state index in [2.05, 4.69) is 0 Å². The molecule has 4 aromatic carbocycles. The quantitative estimate of drug-likeness (QED) is 0.0876. The van der Waals surface area contributed by atoms with E-state index in [-0.39, 0.29) is 13.0 Å². The molecule has 0 saturated carbocycles. The fourth-order valence-corrected chi connectivity index (χ4v) is 4.97. The summed E-state index contributed by atoms with van der Waals surface area (Å²) in [4.78, 5) is 22.8. The van der Waals surface area contributed by atoms with Crippen LogP contribution in [0.25, 0.3) is 0 Å². The number of nitrogen functional groups attached to an aromatic ring is 1. The van der Waals surface area contributed by atoms with Crippen molar-refractivity contribution < 1.29 is 64.1 Å². The van der Waals surface area contributed by atoms with Crippen LogP contribution in [0.15, 0.2) is 72.8 Å². The number of carbonyl (C=O) groups is 2. The molecule has 18 heteroatoms. The van der Waals surface area contributed by atoms with Gasteiger partial charge in [-0.2, -0.15) is 26.3 Å². The summed E-state index contributed by atoms with van der Waals surface area (Å²) in [7, 11) is -1.90. The first-order valence-corrected chi connectivity index (χ1v) is 14.3. The molecule has 2 heterocycles. The fraction of sp³-hybridized carbons (Fsp3) is 0.161. The number of hydrogen-bond donors (Lipinski definition) is 3. The highest BCUT2D eigenvalue weighted by Gasteiger charge is 2.36. The van der Waals surface area contributed by atoms with Crippen LogP contribution in [0, 0.1) is 11.6 Å². The second-order valence-electron chi connectivity index (χ2n) is 10.6. The topological polar surface area (TPSA) is 119 Å². The third-order valence-corrected chi connectivity index (χ3v) is 7.36. The maximum Gasteiger partial charge on any atom is 0.491 e. The van der Waals surface area contributed by atoms with Gasteiger partial charge in [-0.05, 0) is 87.7 Å². The van der Waals surface area contributed by atoms with Gasteiger partial charge in [0.05, 0.1) is 24.3 Å². The molecule has 0 radical (unpaired) electrons. The molecule has 0 amide bonds. The highest BCUT2D eigenvalue weighted by atomic mass is 35.5. The normalized spacial score (nSPS) is 13.5. The van der Waals surface area contributed by atoms with Crippen molar-refractivity contribution in [2.75, 3.05) is 5.73 Å². The van der Waals surface area contributed by atoms with Gasteiger partial charge in [0.2, 0.25) is 0 Å². The number of benzene rings is 4. The number of carbonyl (C=O) groups excluding carboxylic acids is 2. The Labute approximate surface area is 278 Å². The highest BCUT2D eigenvalue weighted by Crippen LogP contribution is 2.34. The Hall–Kier alpha value is -4.28. The van der Waals surface area contributed by atoms with Crippen LogP contribution in [0.4, 0.5) is 40.8 Å². The van der Waals surface area contributed by atoms with E-state index in [0.29, 0.717) is 59.7 Å². The Morgan fingerprint density at radius 1 is 0.714 bits per heavy atom. The minimum Gasteiger partial charge on any atom is -0.423 e. The van der Waals surface area contributed by atoms with Gasteiger partial charge in [0.15, 0.2) is 5.78 Å². The molecule has 2 aliphatic heterocycles. The molecule has 2 aliphatic rings. The van der Waals surface area contributed by atoms with Crippen LogP contribution in [0.2, 0.25) is 0 Å². The average molecular weight is 714 g/mol. The summed E-state index contributed by atoms with van der Waals surface area (Å²) in [6.07, 6.45) is -9.80. The third kappa shape index (κ3) is 9.45. The number of fused-ring (bicyclic) bond motifs is 2. The van der Waals surface area contributed by atoms with Gasteiger partial charge in [-0.3, -0.25) is 9.59 Å². The second kappa shape index (κ2) is 15.1. The molecule has 0 aliphatic carbocycles. The lowest BCUT2D eigenvalue weighted by atomic mass is 9.78. The van der Waals surface area contributed by atoms with Gasteiger partial charge in [0, 0.05) is 23.2 Å². The lowest BCUT2D eigenvalue weighted by Crippen LogP contribution is -2.28. The summed E-state index contributed by atoms with van der Waals surface area (Å²) in [5.74, 6) is -2.71. The number of nitrogens with two attached hydrogens (primary N) is 1. The number of hydrogen-bond acceptors (Lipinski definition) is 7. The summed E-state index contributed by atoms with van der Waals surface area (Å²) in [5, 5.41) is 17.5. The molecule has 0 bridgehead atoms. The molecule has 0 unspecified atom stereocenters. The Morgan fingerprint density at radius 3 is 1.69 bits per heavy atom. The van der Waals surface area contributed by atoms with Crippen LogP contribution >= 0.6 is 11.6 Å². The largest absolute Gasteiger partial charge is 0.491 e. The molecule has 256 valence electrons. The van der Waals surface area contributed by atoms with Crippen LogP contribution in [0.5, 0.6) is 0 Å². The molecule has 4 N–H and O–H groups in total. The summed E-state index contributed by atoms with van der Waals surface area (Å²) < 4.78 is 111. The van der Waals surface area contributed by atoms with Crippen LogP contribution in [-0.2, 0) is 41.3 Å². The first-order valence-electron chi connectivity index (χ1n) is 13.9. The van der Waals surface area contributed by atoms with E-state index in [1.165, 1.54) is 6.07 Å². The van der Waals surface area contributed by atoms with Crippen molar-refractivity contribution in [1.29, 1.82) is 0 Å². The maximum absolute atomic E-state index is 13.3. The summed E-state index contributed by atoms with van der Waals surface area (Å²) in [6, 6.07) is 13.5. The van der Waals surface area contributed by atoms with E-state index in [4.69, 9.17) is 26.6 Å². The van der Waals surface area contributed by atoms with Crippen molar-refractivity contribution in [1.82, 2.24) is 0 Å². The number of halogens is 9. The lowest BCUT2D eigenvalue weighted by molar-refractivity contribution is -0.138. The number of ketones is 1. The average Bonchev–Trinajstić information content (AvgIpc) is 3.57. The van der Waals surface area contributed by atoms with Crippen molar-refractivity contribution in [3.63, 3.8) is 0 Å². The molecular weight excluding hydrogens is 691 g/mol. The van der Waals surface area contributed by atoms with Crippen molar-refractivity contribution >= 4 is 53.5 Å². The smallest absolute Gasteiger partial charge is 0.423 e. The van der Waals surface area contributed by atoms with Crippen molar-refractivity contribution in [3.8, 4) is 0 Å². The monoisotopic (exact) mass is 713 g/mol. The SMILES string of the molecule is Nc1ccc2c(c1)B(O)OC2.O=C(Cc1ccc2c(c1)B(O)OC2)c1cc(F)ccc1C(F)(F)F.O=C(Cl)c1cc(F)ccc1C(F)(F)F. The molecule has 7 nitrogen and oxygen atoms in total. The minimum absolute atomic E-state index is 0.229. The van der Waals surface area contributed by atoms with Gasteiger partial charge in [-0.25, -0.2) is 8.78 Å². The van der Waals surface area contributed by atoms with Crippen molar-refractivity contribution in [3.05, 3.63) is 123 Å². The zero-order valence-electron chi connectivity index (χ0n) is 24.7. The molecule has 0 spiro atoms. The summed E-state index contributed by atoms with van der Waals surface area (Å²) >= 11 is 4.88. The van der Waals surface area contributed by atoms with Gasteiger partial charge < -0.3 is 25.1 Å². The van der Waals surface area contributed by atoms with Gasteiger partial charge >= 0.3 is 26.6 Å². The van der Waals surface area contributed by atoms with E-state index in [9.17, 15) is 54.8 Å². The molecule has 0 atom stereocenters. The van der Waals surface area contributed by atoms with Crippen LogP contribution < -0.4 is 16.7 Å². The van der Waals surface area contributed by atoms with Gasteiger partial charge in [-0.15, -0.1) is 0 Å². The first-order chi connectivity index (χ1) is 22.8. The van der Waals surface area contributed by atoms with Crippen molar-refractivity contribution in [2.24, 2.45) is 0 Å². The first kappa shape index (κ1) is 37.5. The predicted octanol–water partition coefficient (Wildman–Crippen LogP) is 5.20. The summed E-state index contributed by atoms with van der Waals surface area (Å²) in [5.41, 5.74) is 5.66. The Balaban J connectivity index is 0.000000183. The molecule has 0 aromatic heterocycles. The van der Waals surface area contributed by atoms with E-state index >= 15 is 0 Å².